The third kappa shape index (κ3) is 6.05. The van der Waals surface area contributed by atoms with Crippen LogP contribution in [0.4, 0.5) is 0 Å². The van der Waals surface area contributed by atoms with Crippen LogP contribution < -0.4 is 5.32 Å². The molecule has 1 spiro atoms. The number of carbonyl (C=O) groups is 1. The van der Waals surface area contributed by atoms with E-state index < -0.39 is 0 Å². The molecule has 24 heavy (non-hydrogen) atoms. The van der Waals surface area contributed by atoms with Crippen molar-refractivity contribution in [2.45, 2.75) is 47.0 Å². The van der Waals surface area contributed by atoms with Gasteiger partial charge in [-0.05, 0) is 56.8 Å². The van der Waals surface area contributed by atoms with Gasteiger partial charge in [0.1, 0.15) is 0 Å². The van der Waals surface area contributed by atoms with Gasteiger partial charge in [0, 0.05) is 25.6 Å². The summed E-state index contributed by atoms with van der Waals surface area (Å²) in [5, 5.41) is 3.43. The molecule has 1 amide bonds. The van der Waals surface area contributed by atoms with Gasteiger partial charge < -0.3 is 15.1 Å². The van der Waals surface area contributed by atoms with E-state index in [1.54, 1.807) is 0 Å². The molecule has 1 heterocycles. The Labute approximate surface area is 160 Å². The lowest BCUT2D eigenvalue weighted by molar-refractivity contribution is -0.134. The lowest BCUT2D eigenvalue weighted by atomic mass is 9.91. The zero-order chi connectivity index (χ0) is 16.2. The Hall–Kier alpha value is -0.0300. The Balaban J connectivity index is 0.00000264. The number of rotatable bonds is 8. The SMILES string of the molecule is CCN(CC)CCN(CC(C)C)C(=O)C1CC12CCNCC2.Cl.Cl. The van der Waals surface area contributed by atoms with Gasteiger partial charge >= 0.3 is 0 Å². The fourth-order valence-electron chi connectivity index (χ4n) is 3.93. The molecule has 0 bridgehead atoms. The summed E-state index contributed by atoms with van der Waals surface area (Å²) in [5.41, 5.74) is 0.354. The predicted molar refractivity (Wildman–Crippen MR) is 106 cm³/mol. The molecule has 1 unspecified atom stereocenters. The summed E-state index contributed by atoms with van der Waals surface area (Å²) in [6, 6.07) is 0. The molecule has 0 aromatic heterocycles. The van der Waals surface area contributed by atoms with Gasteiger partial charge in [-0.3, -0.25) is 4.79 Å². The van der Waals surface area contributed by atoms with Crippen LogP contribution in [0, 0.1) is 17.3 Å². The zero-order valence-electron chi connectivity index (χ0n) is 15.8. The molecule has 1 aliphatic carbocycles. The van der Waals surface area contributed by atoms with Crippen LogP contribution in [-0.4, -0.2) is 61.5 Å². The quantitative estimate of drug-likeness (QED) is 0.701. The number of nitrogens with one attached hydrogen (secondary N) is 1. The number of hydrogen-bond donors (Lipinski definition) is 1. The molecule has 1 N–H and O–H groups in total. The maximum absolute atomic E-state index is 13.0. The Morgan fingerprint density at radius 3 is 2.21 bits per heavy atom. The maximum atomic E-state index is 13.0. The van der Waals surface area contributed by atoms with E-state index in [0.717, 1.165) is 52.2 Å². The Morgan fingerprint density at radius 2 is 1.71 bits per heavy atom. The second-order valence-electron chi connectivity index (χ2n) is 7.57. The van der Waals surface area contributed by atoms with Crippen LogP contribution >= 0.6 is 24.8 Å². The van der Waals surface area contributed by atoms with E-state index in [-0.39, 0.29) is 24.8 Å². The molecule has 4 nitrogen and oxygen atoms in total. The van der Waals surface area contributed by atoms with Gasteiger partial charge in [0.25, 0.3) is 0 Å². The highest BCUT2D eigenvalue weighted by atomic mass is 35.5. The van der Waals surface area contributed by atoms with Crippen molar-refractivity contribution in [1.82, 2.24) is 15.1 Å². The molecule has 6 heteroatoms. The van der Waals surface area contributed by atoms with Crippen molar-refractivity contribution in [2.75, 3.05) is 45.8 Å². The van der Waals surface area contributed by atoms with Gasteiger partial charge in [0.15, 0.2) is 0 Å². The van der Waals surface area contributed by atoms with Crippen molar-refractivity contribution in [3.63, 3.8) is 0 Å². The summed E-state index contributed by atoms with van der Waals surface area (Å²) in [4.78, 5) is 17.6. The molecule has 1 aliphatic heterocycles. The third-order valence-electron chi connectivity index (χ3n) is 5.56. The lowest BCUT2D eigenvalue weighted by Gasteiger charge is -2.30. The second-order valence-corrected chi connectivity index (χ2v) is 7.57. The molecule has 0 aromatic carbocycles. The van der Waals surface area contributed by atoms with Gasteiger partial charge in [-0.2, -0.15) is 0 Å². The first kappa shape index (κ1) is 24.0. The minimum Gasteiger partial charge on any atom is -0.341 e. The van der Waals surface area contributed by atoms with Gasteiger partial charge in [0.05, 0.1) is 0 Å². The van der Waals surface area contributed by atoms with E-state index in [4.69, 9.17) is 0 Å². The van der Waals surface area contributed by atoms with Gasteiger partial charge in [-0.15, -0.1) is 24.8 Å². The van der Waals surface area contributed by atoms with E-state index in [1.807, 2.05) is 0 Å². The van der Waals surface area contributed by atoms with Crippen LogP contribution in [0.2, 0.25) is 0 Å². The largest absolute Gasteiger partial charge is 0.341 e. The smallest absolute Gasteiger partial charge is 0.226 e. The Kier molecular flexibility index (Phi) is 10.8. The van der Waals surface area contributed by atoms with Crippen molar-refractivity contribution in [2.24, 2.45) is 17.3 Å². The van der Waals surface area contributed by atoms with E-state index >= 15 is 0 Å². The fourth-order valence-corrected chi connectivity index (χ4v) is 3.93. The summed E-state index contributed by atoms with van der Waals surface area (Å²) in [7, 11) is 0. The van der Waals surface area contributed by atoms with Crippen LogP contribution in [0.5, 0.6) is 0 Å². The van der Waals surface area contributed by atoms with Crippen LogP contribution in [0.25, 0.3) is 0 Å². The third-order valence-corrected chi connectivity index (χ3v) is 5.56. The molecule has 1 saturated carbocycles. The summed E-state index contributed by atoms with van der Waals surface area (Å²) in [6.07, 6.45) is 3.51. The van der Waals surface area contributed by atoms with Crippen molar-refractivity contribution < 1.29 is 4.79 Å². The molecule has 144 valence electrons. The number of halogens is 2. The number of hydrogen-bond acceptors (Lipinski definition) is 3. The number of piperidine rings is 1. The highest BCUT2D eigenvalue weighted by molar-refractivity contribution is 5.85. The van der Waals surface area contributed by atoms with Crippen molar-refractivity contribution in [3.8, 4) is 0 Å². The highest BCUT2D eigenvalue weighted by Gasteiger charge is 2.58. The summed E-state index contributed by atoms with van der Waals surface area (Å²) in [6.45, 7) is 15.9. The summed E-state index contributed by atoms with van der Waals surface area (Å²) < 4.78 is 0. The Morgan fingerprint density at radius 1 is 1.12 bits per heavy atom. The van der Waals surface area contributed by atoms with Gasteiger partial charge in [-0.1, -0.05) is 27.7 Å². The lowest BCUT2D eigenvalue weighted by Crippen LogP contribution is -2.42. The number of likely N-dealkylation sites (N-methyl/N-ethyl adjacent to an activating group) is 1. The standard InChI is InChI=1S/C18H35N3O.2ClH/c1-5-20(6-2)11-12-21(14-15(3)4)17(22)16-13-18(16)7-9-19-10-8-18;;/h15-16,19H,5-14H2,1-4H3;2*1H. The molecule has 1 saturated heterocycles. The van der Waals surface area contributed by atoms with E-state index in [2.05, 4.69) is 42.8 Å². The predicted octanol–water partition coefficient (Wildman–Crippen LogP) is 3.05. The normalized spacial score (nSPS) is 21.3. The van der Waals surface area contributed by atoms with Crippen LogP contribution in [-0.2, 0) is 4.79 Å². The summed E-state index contributed by atoms with van der Waals surface area (Å²) in [5.74, 6) is 1.29. The summed E-state index contributed by atoms with van der Waals surface area (Å²) >= 11 is 0. The maximum Gasteiger partial charge on any atom is 0.226 e. The molecule has 0 aromatic rings. The molecule has 2 aliphatic rings. The number of carbonyl (C=O) groups excluding carboxylic acids is 1. The first-order valence-electron chi connectivity index (χ1n) is 9.24. The first-order valence-corrected chi connectivity index (χ1v) is 9.24. The number of nitrogens with zero attached hydrogens (tertiary/aromatic N) is 2. The molecule has 0 radical (unpaired) electrons. The topological polar surface area (TPSA) is 35.6 Å². The van der Waals surface area contributed by atoms with Crippen molar-refractivity contribution in [1.29, 1.82) is 0 Å². The highest BCUT2D eigenvalue weighted by Crippen LogP contribution is 2.59. The van der Waals surface area contributed by atoms with Crippen molar-refractivity contribution in [3.05, 3.63) is 0 Å². The monoisotopic (exact) mass is 381 g/mol. The van der Waals surface area contributed by atoms with Crippen LogP contribution in [0.1, 0.15) is 47.0 Å². The minimum atomic E-state index is 0. The average molecular weight is 382 g/mol. The van der Waals surface area contributed by atoms with Gasteiger partial charge in [-0.25, -0.2) is 0 Å². The molecule has 2 fully saturated rings. The average Bonchev–Trinajstić information content (AvgIpc) is 3.19. The molecule has 1 atom stereocenters. The van der Waals surface area contributed by atoms with E-state index in [1.165, 1.54) is 12.8 Å². The van der Waals surface area contributed by atoms with Gasteiger partial charge in [0.2, 0.25) is 5.91 Å². The first-order chi connectivity index (χ1) is 10.5. The van der Waals surface area contributed by atoms with Crippen molar-refractivity contribution >= 4 is 30.7 Å². The fraction of sp³-hybridized carbons (Fsp3) is 0.944. The minimum absolute atomic E-state index is 0. The van der Waals surface area contributed by atoms with E-state index in [9.17, 15) is 4.79 Å². The Bertz CT molecular complexity index is 369. The molecule has 2 rings (SSSR count). The second kappa shape index (κ2) is 10.8. The molecular weight excluding hydrogens is 345 g/mol. The molecular formula is C18H37Cl2N3O. The number of amides is 1. The van der Waals surface area contributed by atoms with E-state index in [0.29, 0.717) is 23.2 Å². The van der Waals surface area contributed by atoms with Crippen LogP contribution in [0.3, 0.4) is 0 Å². The van der Waals surface area contributed by atoms with Crippen LogP contribution in [0.15, 0.2) is 0 Å². The zero-order valence-corrected chi connectivity index (χ0v) is 17.5.